The molecule has 0 N–H and O–H groups in total. The Balaban J connectivity index is 1.84. The number of hydrogen-bond donors (Lipinski definition) is 0. The molecule has 0 bridgehead atoms. The molecule has 0 spiro atoms. The fraction of sp³-hybridized carbons (Fsp3) is 0.278. The fourth-order valence-electron chi connectivity index (χ4n) is 2.78. The summed E-state index contributed by atoms with van der Waals surface area (Å²) >= 11 is 0. The van der Waals surface area contributed by atoms with Gasteiger partial charge in [-0.1, -0.05) is 30.3 Å². The first-order valence-electron chi connectivity index (χ1n) is 7.09. The van der Waals surface area contributed by atoms with E-state index in [0.717, 1.165) is 22.6 Å². The van der Waals surface area contributed by atoms with E-state index in [1.807, 2.05) is 69.4 Å². The van der Waals surface area contributed by atoms with Gasteiger partial charge in [0.2, 0.25) is 5.91 Å². The molecule has 0 radical (unpaired) electrons. The molecule has 0 fully saturated rings. The number of carbonyl (C=O) groups excluding carboxylic acids is 1. The van der Waals surface area contributed by atoms with Crippen molar-refractivity contribution in [3.8, 4) is 5.75 Å². The van der Waals surface area contributed by atoms with Crippen LogP contribution in [0.3, 0.4) is 0 Å². The number of hydrogen-bond acceptors (Lipinski definition) is 2. The number of carbonyl (C=O) groups is 1. The van der Waals surface area contributed by atoms with E-state index < -0.39 is 5.41 Å². The Morgan fingerprint density at radius 2 is 1.81 bits per heavy atom. The van der Waals surface area contributed by atoms with Crippen LogP contribution in [-0.2, 0) is 16.8 Å². The van der Waals surface area contributed by atoms with Crippen molar-refractivity contribution >= 4 is 11.6 Å². The highest BCUT2D eigenvalue weighted by Crippen LogP contribution is 2.42. The Labute approximate surface area is 125 Å². The quantitative estimate of drug-likeness (QED) is 0.861. The summed E-state index contributed by atoms with van der Waals surface area (Å²) in [5.41, 5.74) is 2.64. The van der Waals surface area contributed by atoms with Crippen LogP contribution in [0.5, 0.6) is 5.75 Å². The summed E-state index contributed by atoms with van der Waals surface area (Å²) < 4.78 is 5.85. The van der Waals surface area contributed by atoms with E-state index >= 15 is 0 Å². The zero-order valence-electron chi connectivity index (χ0n) is 12.6. The molecule has 0 saturated heterocycles. The molecular formula is C18H19NO2. The predicted octanol–water partition coefficient (Wildman–Crippen LogP) is 3.52. The fourth-order valence-corrected chi connectivity index (χ4v) is 2.78. The average Bonchev–Trinajstić information content (AvgIpc) is 2.67. The lowest BCUT2D eigenvalue weighted by molar-refractivity contribution is -0.121. The zero-order valence-corrected chi connectivity index (χ0v) is 12.6. The van der Waals surface area contributed by atoms with Crippen LogP contribution in [-0.4, -0.2) is 13.0 Å². The van der Waals surface area contributed by atoms with Crippen LogP contribution in [0.4, 0.5) is 5.69 Å². The summed E-state index contributed by atoms with van der Waals surface area (Å²) in [4.78, 5) is 14.0. The van der Waals surface area contributed by atoms with Crippen molar-refractivity contribution in [1.82, 2.24) is 0 Å². The van der Waals surface area contributed by atoms with E-state index in [1.165, 1.54) is 0 Å². The molecule has 21 heavy (non-hydrogen) atoms. The number of rotatable bonds is 3. The standard InChI is InChI=1S/C18H19NO2/c1-18(2)15-11-14(9-10-16(15)19(3)17(18)20)21-12-13-7-5-4-6-8-13/h4-11H,12H2,1-3H3. The van der Waals surface area contributed by atoms with E-state index in [2.05, 4.69) is 0 Å². The number of amides is 1. The van der Waals surface area contributed by atoms with Gasteiger partial charge in [-0.2, -0.15) is 0 Å². The topological polar surface area (TPSA) is 29.5 Å². The third kappa shape index (κ3) is 2.29. The second kappa shape index (κ2) is 4.92. The van der Waals surface area contributed by atoms with Crippen LogP contribution in [0, 0.1) is 0 Å². The molecular weight excluding hydrogens is 262 g/mol. The van der Waals surface area contributed by atoms with Gasteiger partial charge in [-0.05, 0) is 43.2 Å². The van der Waals surface area contributed by atoms with Crippen molar-refractivity contribution < 1.29 is 9.53 Å². The lowest BCUT2D eigenvalue weighted by atomic mass is 9.86. The molecule has 2 aromatic rings. The van der Waals surface area contributed by atoms with Gasteiger partial charge in [-0.25, -0.2) is 0 Å². The molecule has 1 heterocycles. The van der Waals surface area contributed by atoms with E-state index in [0.29, 0.717) is 6.61 Å². The summed E-state index contributed by atoms with van der Waals surface area (Å²) in [5.74, 6) is 0.923. The minimum Gasteiger partial charge on any atom is -0.489 e. The van der Waals surface area contributed by atoms with E-state index in [4.69, 9.17) is 4.74 Å². The number of fused-ring (bicyclic) bond motifs is 1. The molecule has 0 aliphatic carbocycles. The molecule has 2 aromatic carbocycles. The summed E-state index contributed by atoms with van der Waals surface area (Å²) in [6.45, 7) is 4.45. The van der Waals surface area contributed by atoms with Gasteiger partial charge in [0.05, 0.1) is 5.41 Å². The number of anilines is 1. The molecule has 0 aromatic heterocycles. The number of benzene rings is 2. The minimum absolute atomic E-state index is 0.123. The largest absolute Gasteiger partial charge is 0.489 e. The van der Waals surface area contributed by atoms with Gasteiger partial charge in [0, 0.05) is 12.7 Å². The number of likely N-dealkylation sites (N-methyl/N-ethyl adjacent to an activating group) is 1. The average molecular weight is 281 g/mol. The van der Waals surface area contributed by atoms with E-state index in [1.54, 1.807) is 4.90 Å². The Bertz CT molecular complexity index is 677. The van der Waals surface area contributed by atoms with Crippen LogP contribution >= 0.6 is 0 Å². The summed E-state index contributed by atoms with van der Waals surface area (Å²) in [6.07, 6.45) is 0. The van der Waals surface area contributed by atoms with Crippen LogP contribution < -0.4 is 9.64 Å². The monoisotopic (exact) mass is 281 g/mol. The lowest BCUT2D eigenvalue weighted by Gasteiger charge is -2.16. The molecule has 0 atom stereocenters. The van der Waals surface area contributed by atoms with Crippen LogP contribution in [0.1, 0.15) is 25.0 Å². The predicted molar refractivity (Wildman–Crippen MR) is 83.7 cm³/mol. The molecule has 3 rings (SSSR count). The Hall–Kier alpha value is -2.29. The maximum atomic E-state index is 12.3. The minimum atomic E-state index is -0.490. The highest BCUT2D eigenvalue weighted by molar-refractivity contribution is 6.07. The Kier molecular flexibility index (Phi) is 3.20. The number of nitrogens with zero attached hydrogens (tertiary/aromatic N) is 1. The Morgan fingerprint density at radius 1 is 1.10 bits per heavy atom. The third-order valence-electron chi connectivity index (χ3n) is 4.09. The van der Waals surface area contributed by atoms with Gasteiger partial charge >= 0.3 is 0 Å². The molecule has 108 valence electrons. The first-order chi connectivity index (χ1) is 10.00. The second-order valence-electron chi connectivity index (χ2n) is 5.94. The molecule has 0 saturated carbocycles. The van der Waals surface area contributed by atoms with Crippen molar-refractivity contribution in [3.05, 3.63) is 59.7 Å². The highest BCUT2D eigenvalue weighted by atomic mass is 16.5. The molecule has 0 unspecified atom stereocenters. The summed E-state index contributed by atoms with van der Waals surface area (Å²) in [6, 6.07) is 15.9. The highest BCUT2D eigenvalue weighted by Gasteiger charge is 2.42. The van der Waals surface area contributed by atoms with E-state index in [-0.39, 0.29) is 5.91 Å². The smallest absolute Gasteiger partial charge is 0.236 e. The second-order valence-corrected chi connectivity index (χ2v) is 5.94. The van der Waals surface area contributed by atoms with Gasteiger partial charge in [-0.15, -0.1) is 0 Å². The van der Waals surface area contributed by atoms with E-state index in [9.17, 15) is 4.79 Å². The van der Waals surface area contributed by atoms with Crippen molar-refractivity contribution in [2.45, 2.75) is 25.9 Å². The van der Waals surface area contributed by atoms with Gasteiger partial charge in [-0.3, -0.25) is 4.79 Å². The van der Waals surface area contributed by atoms with Crippen molar-refractivity contribution in [1.29, 1.82) is 0 Å². The zero-order chi connectivity index (χ0) is 15.0. The summed E-state index contributed by atoms with van der Waals surface area (Å²) in [7, 11) is 1.82. The molecule has 3 nitrogen and oxygen atoms in total. The first kappa shape index (κ1) is 13.7. The molecule has 1 aliphatic rings. The normalized spacial score (nSPS) is 16.0. The number of ether oxygens (including phenoxy) is 1. The van der Waals surface area contributed by atoms with Crippen molar-refractivity contribution in [3.63, 3.8) is 0 Å². The van der Waals surface area contributed by atoms with Gasteiger partial charge < -0.3 is 9.64 Å². The van der Waals surface area contributed by atoms with Gasteiger partial charge in [0.25, 0.3) is 0 Å². The summed E-state index contributed by atoms with van der Waals surface area (Å²) in [5, 5.41) is 0. The molecule has 1 aliphatic heterocycles. The maximum absolute atomic E-state index is 12.3. The van der Waals surface area contributed by atoms with Crippen molar-refractivity contribution in [2.24, 2.45) is 0 Å². The third-order valence-corrected chi connectivity index (χ3v) is 4.09. The first-order valence-corrected chi connectivity index (χ1v) is 7.09. The SMILES string of the molecule is CN1C(=O)C(C)(C)c2cc(OCc3ccccc3)ccc21. The Morgan fingerprint density at radius 3 is 2.52 bits per heavy atom. The van der Waals surface area contributed by atoms with Gasteiger partial charge in [0.1, 0.15) is 12.4 Å². The van der Waals surface area contributed by atoms with Crippen LogP contribution in [0.25, 0.3) is 0 Å². The maximum Gasteiger partial charge on any atom is 0.236 e. The van der Waals surface area contributed by atoms with Crippen molar-refractivity contribution in [2.75, 3.05) is 11.9 Å². The van der Waals surface area contributed by atoms with Crippen LogP contribution in [0.2, 0.25) is 0 Å². The van der Waals surface area contributed by atoms with Crippen LogP contribution in [0.15, 0.2) is 48.5 Å². The molecule has 1 amide bonds. The lowest BCUT2D eigenvalue weighted by Crippen LogP contribution is -2.33. The molecule has 3 heteroatoms. The van der Waals surface area contributed by atoms with Gasteiger partial charge in [0.15, 0.2) is 0 Å².